The third-order valence-corrected chi connectivity index (χ3v) is 2.99. The zero-order valence-electron chi connectivity index (χ0n) is 11.1. The highest BCUT2D eigenvalue weighted by molar-refractivity contribution is 5.96. The molecule has 0 N–H and O–H groups in total. The van der Waals surface area contributed by atoms with Crippen LogP contribution < -0.4 is 4.74 Å². The lowest BCUT2D eigenvalue weighted by molar-refractivity contribution is 0.0982. The fourth-order valence-electron chi connectivity index (χ4n) is 2.02. The van der Waals surface area contributed by atoms with Gasteiger partial charge in [0.1, 0.15) is 5.75 Å². The van der Waals surface area contributed by atoms with Gasteiger partial charge in [0, 0.05) is 12.0 Å². The molecule has 0 aliphatic heterocycles. The molecule has 98 valence electrons. The zero-order chi connectivity index (χ0) is 13.5. The number of para-hydroxylation sites is 1. The minimum absolute atomic E-state index is 0.173. The van der Waals surface area contributed by atoms with Crippen molar-refractivity contribution in [3.63, 3.8) is 0 Å². The third kappa shape index (κ3) is 3.68. The summed E-state index contributed by atoms with van der Waals surface area (Å²) in [6.45, 7) is 2.61. The number of Topliss-reactive ketones (excluding diaryl/α,β-unsaturated/α-hetero) is 1. The predicted octanol–water partition coefficient (Wildman–Crippen LogP) is 3.90. The van der Waals surface area contributed by atoms with Crippen molar-refractivity contribution >= 4 is 5.78 Å². The maximum absolute atomic E-state index is 12.0. The van der Waals surface area contributed by atoms with E-state index in [0.29, 0.717) is 19.4 Å². The standard InChI is InChI=1S/C17H18O2/c1-2-19-17-11-7-6-10-15(17)12-13-16(18)14-8-4-3-5-9-14/h3-11H,2,12-13H2,1H3. The SMILES string of the molecule is CCOc1ccccc1CCC(=O)c1ccccc1. The minimum Gasteiger partial charge on any atom is -0.494 e. The summed E-state index contributed by atoms with van der Waals surface area (Å²) in [6.07, 6.45) is 1.22. The van der Waals surface area contributed by atoms with Crippen LogP contribution in [0.1, 0.15) is 29.3 Å². The molecule has 0 unspecified atom stereocenters. The first-order chi connectivity index (χ1) is 9.31. The quantitative estimate of drug-likeness (QED) is 0.731. The fourth-order valence-corrected chi connectivity index (χ4v) is 2.02. The van der Waals surface area contributed by atoms with E-state index in [1.165, 1.54) is 0 Å². The number of carbonyl (C=O) groups is 1. The Labute approximate surface area is 114 Å². The van der Waals surface area contributed by atoms with Crippen LogP contribution in [0.25, 0.3) is 0 Å². The highest BCUT2D eigenvalue weighted by Crippen LogP contribution is 2.20. The lowest BCUT2D eigenvalue weighted by Crippen LogP contribution is -2.02. The van der Waals surface area contributed by atoms with Gasteiger partial charge in [0.2, 0.25) is 0 Å². The summed E-state index contributed by atoms with van der Waals surface area (Å²) in [5.41, 5.74) is 1.87. The van der Waals surface area contributed by atoms with E-state index in [4.69, 9.17) is 4.74 Å². The molecule has 0 fully saturated rings. The van der Waals surface area contributed by atoms with Crippen molar-refractivity contribution in [1.29, 1.82) is 0 Å². The van der Waals surface area contributed by atoms with Crippen LogP contribution in [0.5, 0.6) is 5.75 Å². The summed E-state index contributed by atoms with van der Waals surface area (Å²) in [7, 11) is 0. The lowest BCUT2D eigenvalue weighted by atomic mass is 10.0. The van der Waals surface area contributed by atoms with Gasteiger partial charge in [0.15, 0.2) is 5.78 Å². The molecule has 0 radical (unpaired) electrons. The van der Waals surface area contributed by atoms with Gasteiger partial charge in [-0.25, -0.2) is 0 Å². The van der Waals surface area contributed by atoms with Crippen LogP contribution in [0, 0.1) is 0 Å². The van der Waals surface area contributed by atoms with Crippen molar-refractivity contribution in [3.05, 3.63) is 65.7 Å². The van der Waals surface area contributed by atoms with E-state index < -0.39 is 0 Å². The zero-order valence-corrected chi connectivity index (χ0v) is 11.1. The van der Waals surface area contributed by atoms with Crippen molar-refractivity contribution < 1.29 is 9.53 Å². The number of carbonyl (C=O) groups excluding carboxylic acids is 1. The van der Waals surface area contributed by atoms with Crippen LogP contribution in [0.2, 0.25) is 0 Å². The van der Waals surface area contributed by atoms with Crippen molar-refractivity contribution in [1.82, 2.24) is 0 Å². The number of rotatable bonds is 6. The summed E-state index contributed by atoms with van der Waals surface area (Å²) in [6, 6.07) is 17.3. The van der Waals surface area contributed by atoms with Gasteiger partial charge in [-0.15, -0.1) is 0 Å². The summed E-state index contributed by atoms with van der Waals surface area (Å²) < 4.78 is 5.56. The maximum atomic E-state index is 12.0. The first kappa shape index (κ1) is 13.3. The number of hydrogen-bond acceptors (Lipinski definition) is 2. The topological polar surface area (TPSA) is 26.3 Å². The third-order valence-electron chi connectivity index (χ3n) is 2.99. The summed E-state index contributed by atoms with van der Waals surface area (Å²) in [5.74, 6) is 1.05. The van der Waals surface area contributed by atoms with Crippen LogP contribution in [0.4, 0.5) is 0 Å². The molecule has 0 aliphatic rings. The highest BCUT2D eigenvalue weighted by Gasteiger charge is 2.08. The van der Waals surface area contributed by atoms with Crippen molar-refractivity contribution in [2.45, 2.75) is 19.8 Å². The Hall–Kier alpha value is -2.09. The monoisotopic (exact) mass is 254 g/mol. The van der Waals surface area contributed by atoms with Crippen molar-refractivity contribution in [2.24, 2.45) is 0 Å². The van der Waals surface area contributed by atoms with E-state index in [2.05, 4.69) is 0 Å². The van der Waals surface area contributed by atoms with E-state index in [1.54, 1.807) is 0 Å². The Morgan fingerprint density at radius 2 is 1.68 bits per heavy atom. The molecule has 0 saturated heterocycles. The summed E-state index contributed by atoms with van der Waals surface area (Å²) in [4.78, 5) is 12.0. The summed E-state index contributed by atoms with van der Waals surface area (Å²) in [5, 5.41) is 0. The Morgan fingerprint density at radius 3 is 2.42 bits per heavy atom. The number of ketones is 1. The Kier molecular flexibility index (Phi) is 4.73. The Bertz CT molecular complexity index is 532. The first-order valence-electron chi connectivity index (χ1n) is 6.60. The molecule has 0 aliphatic carbocycles. The fraction of sp³-hybridized carbons (Fsp3) is 0.235. The van der Waals surface area contributed by atoms with E-state index in [9.17, 15) is 4.79 Å². The van der Waals surface area contributed by atoms with Gasteiger partial charge in [-0.05, 0) is 25.0 Å². The number of benzene rings is 2. The second-order valence-corrected chi connectivity index (χ2v) is 4.33. The molecule has 0 heterocycles. The average molecular weight is 254 g/mol. The molecule has 19 heavy (non-hydrogen) atoms. The van der Waals surface area contributed by atoms with E-state index in [0.717, 1.165) is 16.9 Å². The van der Waals surface area contributed by atoms with Crippen molar-refractivity contribution in [3.8, 4) is 5.75 Å². The van der Waals surface area contributed by atoms with Crippen molar-refractivity contribution in [2.75, 3.05) is 6.61 Å². The molecule has 2 aromatic carbocycles. The van der Waals surface area contributed by atoms with Gasteiger partial charge in [-0.2, -0.15) is 0 Å². The number of aryl methyl sites for hydroxylation is 1. The van der Waals surface area contributed by atoms with Gasteiger partial charge in [0.05, 0.1) is 6.61 Å². The van der Waals surface area contributed by atoms with Crippen LogP contribution >= 0.6 is 0 Å². The Morgan fingerprint density at radius 1 is 1.00 bits per heavy atom. The molecule has 2 nitrogen and oxygen atoms in total. The molecule has 0 amide bonds. The van der Waals surface area contributed by atoms with Crippen LogP contribution in [-0.2, 0) is 6.42 Å². The molecule has 0 spiro atoms. The second kappa shape index (κ2) is 6.74. The molecular weight excluding hydrogens is 236 g/mol. The van der Waals surface area contributed by atoms with Crippen LogP contribution in [0.3, 0.4) is 0 Å². The van der Waals surface area contributed by atoms with Gasteiger partial charge in [-0.1, -0.05) is 48.5 Å². The number of ether oxygens (including phenoxy) is 1. The molecular formula is C17H18O2. The molecule has 2 heteroatoms. The van der Waals surface area contributed by atoms with Crippen LogP contribution in [0.15, 0.2) is 54.6 Å². The van der Waals surface area contributed by atoms with E-state index in [-0.39, 0.29) is 5.78 Å². The molecule has 0 aromatic heterocycles. The van der Waals surface area contributed by atoms with Gasteiger partial charge >= 0.3 is 0 Å². The van der Waals surface area contributed by atoms with Gasteiger partial charge < -0.3 is 4.74 Å². The largest absolute Gasteiger partial charge is 0.494 e. The average Bonchev–Trinajstić information content (AvgIpc) is 2.47. The minimum atomic E-state index is 0.173. The summed E-state index contributed by atoms with van der Waals surface area (Å²) >= 11 is 0. The second-order valence-electron chi connectivity index (χ2n) is 4.33. The smallest absolute Gasteiger partial charge is 0.163 e. The molecule has 0 bridgehead atoms. The van der Waals surface area contributed by atoms with E-state index in [1.807, 2.05) is 61.5 Å². The van der Waals surface area contributed by atoms with Gasteiger partial charge in [0.25, 0.3) is 0 Å². The molecule has 0 atom stereocenters. The lowest BCUT2D eigenvalue weighted by Gasteiger charge is -2.09. The van der Waals surface area contributed by atoms with Gasteiger partial charge in [-0.3, -0.25) is 4.79 Å². The Balaban J connectivity index is 2.01. The highest BCUT2D eigenvalue weighted by atomic mass is 16.5. The number of hydrogen-bond donors (Lipinski definition) is 0. The predicted molar refractivity (Wildman–Crippen MR) is 76.7 cm³/mol. The molecule has 2 aromatic rings. The first-order valence-corrected chi connectivity index (χ1v) is 6.60. The van der Waals surface area contributed by atoms with Crippen LogP contribution in [-0.4, -0.2) is 12.4 Å². The maximum Gasteiger partial charge on any atom is 0.163 e. The normalized spacial score (nSPS) is 10.2. The molecule has 0 saturated carbocycles. The molecule has 2 rings (SSSR count). The van der Waals surface area contributed by atoms with E-state index >= 15 is 0 Å².